The summed E-state index contributed by atoms with van der Waals surface area (Å²) in [4.78, 5) is 29.4. The Morgan fingerprint density at radius 1 is 1.46 bits per heavy atom. The highest BCUT2D eigenvalue weighted by Crippen LogP contribution is 2.30. The molecule has 1 aliphatic heterocycles. The molecule has 0 radical (unpaired) electrons. The van der Waals surface area contributed by atoms with Gasteiger partial charge >= 0.3 is 0 Å². The van der Waals surface area contributed by atoms with Crippen molar-refractivity contribution in [3.8, 4) is 0 Å². The first-order chi connectivity index (χ1) is 13.5. The molecule has 0 bridgehead atoms. The van der Waals surface area contributed by atoms with Gasteiger partial charge in [0.1, 0.15) is 0 Å². The van der Waals surface area contributed by atoms with Gasteiger partial charge in [-0.05, 0) is 38.0 Å². The minimum absolute atomic E-state index is 0.0422. The number of carbonyl (C=O) groups excluding carboxylic acids is 1. The molecule has 0 spiro atoms. The molecule has 7 nitrogen and oxygen atoms in total. The number of carbonyl (C=O) groups is 1. The van der Waals surface area contributed by atoms with Gasteiger partial charge in [0.25, 0.3) is 5.91 Å². The number of hydrogen-bond acceptors (Lipinski definition) is 7. The van der Waals surface area contributed by atoms with E-state index in [0.717, 1.165) is 27.1 Å². The third kappa shape index (κ3) is 3.70. The van der Waals surface area contributed by atoms with Crippen molar-refractivity contribution in [1.82, 2.24) is 19.9 Å². The van der Waals surface area contributed by atoms with Gasteiger partial charge in [0.15, 0.2) is 5.69 Å². The lowest BCUT2D eigenvalue weighted by atomic mass is 10.1. The first kappa shape index (κ1) is 18.8. The monoisotopic (exact) mass is 397 g/mol. The van der Waals surface area contributed by atoms with E-state index in [9.17, 15) is 9.90 Å². The number of aliphatic hydroxyl groups is 1. The summed E-state index contributed by atoms with van der Waals surface area (Å²) in [5.74, 6) is 0.486. The number of thiophene rings is 1. The number of aromatic nitrogens is 3. The molecular weight excluding hydrogens is 374 g/mol. The molecular formula is C20H23N5O2S. The number of rotatable bonds is 5. The molecule has 28 heavy (non-hydrogen) atoms. The summed E-state index contributed by atoms with van der Waals surface area (Å²) in [6.45, 7) is 5.34. The van der Waals surface area contributed by atoms with Gasteiger partial charge in [0, 0.05) is 42.9 Å². The highest BCUT2D eigenvalue weighted by molar-refractivity contribution is 7.19. The number of amides is 1. The number of aliphatic hydroxyl groups excluding tert-OH is 1. The van der Waals surface area contributed by atoms with Crippen LogP contribution in [-0.4, -0.2) is 50.6 Å². The average Bonchev–Trinajstić information content (AvgIpc) is 3.33. The van der Waals surface area contributed by atoms with E-state index in [0.29, 0.717) is 24.7 Å². The zero-order chi connectivity index (χ0) is 19.7. The van der Waals surface area contributed by atoms with Crippen LogP contribution in [0.3, 0.4) is 0 Å². The van der Waals surface area contributed by atoms with E-state index in [1.165, 1.54) is 11.3 Å². The molecule has 4 heterocycles. The molecule has 2 N–H and O–H groups in total. The molecule has 8 heteroatoms. The van der Waals surface area contributed by atoms with Crippen molar-refractivity contribution < 1.29 is 9.90 Å². The Bertz CT molecular complexity index is 991. The summed E-state index contributed by atoms with van der Waals surface area (Å²) in [7, 11) is 0. The molecule has 3 aromatic heterocycles. The van der Waals surface area contributed by atoms with Crippen LogP contribution in [0.5, 0.6) is 0 Å². The molecule has 2 atom stereocenters. The van der Waals surface area contributed by atoms with Crippen molar-refractivity contribution in [2.24, 2.45) is 5.92 Å². The molecule has 3 aromatic rings. The first-order valence-electron chi connectivity index (χ1n) is 9.40. The van der Waals surface area contributed by atoms with Gasteiger partial charge in [0.2, 0.25) is 5.95 Å². The number of nitrogens with zero attached hydrogens (tertiary/aromatic N) is 4. The number of nitrogens with one attached hydrogen (secondary N) is 1. The van der Waals surface area contributed by atoms with Crippen LogP contribution in [0.15, 0.2) is 30.6 Å². The fourth-order valence-corrected chi connectivity index (χ4v) is 4.42. The van der Waals surface area contributed by atoms with Crippen molar-refractivity contribution in [2.75, 3.05) is 25.0 Å². The summed E-state index contributed by atoms with van der Waals surface area (Å²) >= 11 is 1.54. The molecule has 0 aliphatic carbocycles. The smallest absolute Gasteiger partial charge is 0.274 e. The van der Waals surface area contributed by atoms with Crippen molar-refractivity contribution in [2.45, 2.75) is 26.3 Å². The maximum Gasteiger partial charge on any atom is 0.274 e. The minimum atomic E-state index is -0.0951. The van der Waals surface area contributed by atoms with Crippen molar-refractivity contribution in [1.29, 1.82) is 0 Å². The summed E-state index contributed by atoms with van der Waals surface area (Å²) in [5.41, 5.74) is 2.23. The van der Waals surface area contributed by atoms with Crippen molar-refractivity contribution in [3.63, 3.8) is 0 Å². The van der Waals surface area contributed by atoms with Crippen LogP contribution in [0.25, 0.3) is 10.2 Å². The van der Waals surface area contributed by atoms with E-state index in [2.05, 4.69) is 20.3 Å². The standard InChI is InChI=1S/C20H23N5O2S/c1-12-8-16-18(28-12)17(19(27)25-7-5-14(10-25)11-26)24-20(23-16)22-13(2)15-4-3-6-21-9-15/h3-4,6,8-9,13-14,26H,5,7,10-11H2,1-2H3,(H,22,23,24)/t13-,14?/m0/s1. The molecule has 4 rings (SSSR count). The summed E-state index contributed by atoms with van der Waals surface area (Å²) < 4.78 is 0.814. The van der Waals surface area contributed by atoms with Crippen LogP contribution in [0.4, 0.5) is 5.95 Å². The molecule has 1 saturated heterocycles. The number of hydrogen-bond donors (Lipinski definition) is 2. The Hall–Kier alpha value is -2.58. The second kappa shape index (κ2) is 7.81. The highest BCUT2D eigenvalue weighted by atomic mass is 32.1. The fraction of sp³-hybridized carbons (Fsp3) is 0.400. The highest BCUT2D eigenvalue weighted by Gasteiger charge is 2.29. The summed E-state index contributed by atoms with van der Waals surface area (Å²) in [5, 5.41) is 12.7. The number of aryl methyl sites for hydroxylation is 1. The Kier molecular flexibility index (Phi) is 5.23. The second-order valence-electron chi connectivity index (χ2n) is 7.21. The Labute approximate surface area is 167 Å². The van der Waals surface area contributed by atoms with E-state index in [1.54, 1.807) is 17.3 Å². The SMILES string of the molecule is Cc1cc2nc(N[C@@H](C)c3cccnc3)nc(C(=O)N3CCC(CO)C3)c2s1. The van der Waals surface area contributed by atoms with Gasteiger partial charge in [-0.3, -0.25) is 9.78 Å². The topological polar surface area (TPSA) is 91.2 Å². The van der Waals surface area contributed by atoms with Gasteiger partial charge in [-0.2, -0.15) is 0 Å². The van der Waals surface area contributed by atoms with Crippen molar-refractivity contribution >= 4 is 33.4 Å². The molecule has 1 amide bonds. The van der Waals surface area contributed by atoms with Gasteiger partial charge in [-0.1, -0.05) is 6.07 Å². The van der Waals surface area contributed by atoms with E-state index in [4.69, 9.17) is 0 Å². The Morgan fingerprint density at radius 2 is 2.32 bits per heavy atom. The zero-order valence-corrected chi connectivity index (χ0v) is 16.7. The van der Waals surface area contributed by atoms with Crippen LogP contribution < -0.4 is 5.32 Å². The minimum Gasteiger partial charge on any atom is -0.396 e. The van der Waals surface area contributed by atoms with Crippen molar-refractivity contribution in [3.05, 3.63) is 46.7 Å². The molecule has 1 unspecified atom stereocenters. The lowest BCUT2D eigenvalue weighted by Gasteiger charge is -2.18. The summed E-state index contributed by atoms with van der Waals surface area (Å²) in [6, 6.07) is 5.82. The summed E-state index contributed by atoms with van der Waals surface area (Å²) in [6.07, 6.45) is 4.36. The largest absolute Gasteiger partial charge is 0.396 e. The second-order valence-corrected chi connectivity index (χ2v) is 8.46. The number of anilines is 1. The normalized spacial score (nSPS) is 17.8. The molecule has 146 valence electrons. The molecule has 1 aliphatic rings. The van der Waals surface area contributed by atoms with E-state index < -0.39 is 0 Å². The van der Waals surface area contributed by atoms with Gasteiger partial charge in [-0.25, -0.2) is 9.97 Å². The predicted molar refractivity (Wildman–Crippen MR) is 110 cm³/mol. The lowest BCUT2D eigenvalue weighted by Crippen LogP contribution is -2.30. The van der Waals surface area contributed by atoms with Gasteiger partial charge in [-0.15, -0.1) is 11.3 Å². The Balaban J connectivity index is 1.66. The van der Waals surface area contributed by atoms with Gasteiger partial charge in [0.05, 0.1) is 16.3 Å². The molecule has 0 saturated carbocycles. The molecule has 1 fully saturated rings. The quantitative estimate of drug-likeness (QED) is 0.688. The number of pyridine rings is 1. The van der Waals surface area contributed by atoms with E-state index >= 15 is 0 Å². The maximum atomic E-state index is 13.2. The average molecular weight is 398 g/mol. The lowest BCUT2D eigenvalue weighted by molar-refractivity contribution is 0.0778. The van der Waals surface area contributed by atoms with Crippen LogP contribution in [0.2, 0.25) is 0 Å². The van der Waals surface area contributed by atoms with Gasteiger partial charge < -0.3 is 15.3 Å². The number of likely N-dealkylation sites (tertiary alicyclic amines) is 1. The predicted octanol–water partition coefficient (Wildman–Crippen LogP) is 3.02. The van der Waals surface area contributed by atoms with Crippen LogP contribution >= 0.6 is 11.3 Å². The first-order valence-corrected chi connectivity index (χ1v) is 10.2. The fourth-order valence-electron chi connectivity index (χ4n) is 3.48. The zero-order valence-electron chi connectivity index (χ0n) is 15.9. The number of fused-ring (bicyclic) bond motifs is 1. The van der Waals surface area contributed by atoms with E-state index in [-0.39, 0.29) is 24.5 Å². The third-order valence-corrected chi connectivity index (χ3v) is 6.11. The third-order valence-electron chi connectivity index (χ3n) is 5.06. The van der Waals surface area contributed by atoms with Crippen LogP contribution in [0, 0.1) is 12.8 Å². The Morgan fingerprint density at radius 3 is 3.04 bits per heavy atom. The van der Waals surface area contributed by atoms with Crippen LogP contribution in [-0.2, 0) is 0 Å². The van der Waals surface area contributed by atoms with Crippen LogP contribution in [0.1, 0.15) is 40.3 Å². The maximum absolute atomic E-state index is 13.2. The molecule has 0 aromatic carbocycles. The van der Waals surface area contributed by atoms with E-state index in [1.807, 2.05) is 32.0 Å².